The van der Waals surface area contributed by atoms with Gasteiger partial charge in [-0.3, -0.25) is 0 Å². The quantitative estimate of drug-likeness (QED) is 0.466. The lowest BCUT2D eigenvalue weighted by Crippen LogP contribution is -2.50. The molecule has 0 aliphatic heterocycles. The maximum atomic E-state index is 2.65. The second kappa shape index (κ2) is 3.93. The molecule has 0 radical (unpaired) electrons. The minimum Gasteiger partial charge on any atom is -0.0668 e. The van der Waals surface area contributed by atoms with E-state index < -0.39 is 0 Å². The van der Waals surface area contributed by atoms with E-state index in [4.69, 9.17) is 0 Å². The lowest BCUT2D eigenvalue weighted by molar-refractivity contribution is -0.0175. The van der Waals surface area contributed by atoms with Crippen molar-refractivity contribution in [3.63, 3.8) is 0 Å². The van der Waals surface area contributed by atoms with Crippen LogP contribution in [0, 0.1) is 28.1 Å². The zero-order valence-corrected chi connectivity index (χ0v) is 14.0. The Hall–Kier alpha value is -0.260. The highest BCUT2D eigenvalue weighted by Gasteiger charge is 2.56. The largest absolute Gasteiger partial charge is 0.0668 e. The smallest absolute Gasteiger partial charge is 0.00802 e. The summed E-state index contributed by atoms with van der Waals surface area (Å²) < 4.78 is 0. The van der Waals surface area contributed by atoms with Gasteiger partial charge in [0, 0.05) is 0 Å². The second-order valence-electron chi connectivity index (χ2n) is 9.60. The summed E-state index contributed by atoms with van der Waals surface area (Å²) in [5.41, 5.74) is 5.76. The highest BCUT2D eigenvalue weighted by Crippen LogP contribution is 2.67. The van der Waals surface area contributed by atoms with E-state index in [9.17, 15) is 0 Å². The van der Waals surface area contributed by atoms with Gasteiger partial charge in [0.1, 0.15) is 0 Å². The Labute approximate surface area is 125 Å². The fraction of sp³-hybridized carbons (Fsp3) is 0.900. The summed E-state index contributed by atoms with van der Waals surface area (Å²) in [6.07, 6.45) is 13.2. The average Bonchev–Trinajstić information content (AvgIpc) is 2.33. The van der Waals surface area contributed by atoms with Crippen LogP contribution in [0.1, 0.15) is 85.5 Å². The summed E-state index contributed by atoms with van der Waals surface area (Å²) in [6.45, 7) is 10.3. The summed E-state index contributed by atoms with van der Waals surface area (Å²) in [7, 11) is 0. The van der Waals surface area contributed by atoms with Crippen molar-refractivity contribution in [1.29, 1.82) is 0 Å². The first-order valence-electron chi connectivity index (χ1n) is 9.09. The molecular weight excluding hydrogens is 240 g/mol. The van der Waals surface area contributed by atoms with Crippen LogP contribution >= 0.6 is 0 Å². The average molecular weight is 272 g/mol. The van der Waals surface area contributed by atoms with Gasteiger partial charge in [-0.1, -0.05) is 45.3 Å². The Kier molecular flexibility index (Phi) is 2.63. The van der Waals surface area contributed by atoms with Gasteiger partial charge >= 0.3 is 0 Å². The van der Waals surface area contributed by atoms with Gasteiger partial charge in [-0.25, -0.2) is 0 Å². The van der Waals surface area contributed by atoms with E-state index in [2.05, 4.69) is 27.7 Å². The maximum Gasteiger partial charge on any atom is -0.00802 e. The van der Waals surface area contributed by atoms with E-state index in [0.717, 1.165) is 11.8 Å². The predicted molar refractivity (Wildman–Crippen MR) is 85.6 cm³/mol. The zero-order chi connectivity index (χ0) is 14.2. The molecule has 0 nitrogen and oxygen atoms in total. The molecule has 20 heavy (non-hydrogen) atoms. The van der Waals surface area contributed by atoms with Crippen LogP contribution in [0.25, 0.3) is 0 Å². The first kappa shape index (κ1) is 13.4. The predicted octanol–water partition coefficient (Wildman–Crippen LogP) is 6.12. The SMILES string of the molecule is CC1(C)CCC[C@]2(C)C3=C(CC[C@@H]12)[C@@H]1CC[C@]1(C)CC3. The number of fused-ring (bicyclic) bond motifs is 4. The number of hydrogen-bond donors (Lipinski definition) is 0. The van der Waals surface area contributed by atoms with Gasteiger partial charge < -0.3 is 0 Å². The third kappa shape index (κ3) is 1.54. The van der Waals surface area contributed by atoms with Gasteiger partial charge in [-0.15, -0.1) is 0 Å². The number of rotatable bonds is 0. The van der Waals surface area contributed by atoms with Crippen molar-refractivity contribution in [2.24, 2.45) is 28.1 Å². The molecule has 0 aromatic rings. The minimum atomic E-state index is 0.562. The van der Waals surface area contributed by atoms with Crippen LogP contribution in [0.15, 0.2) is 11.1 Å². The molecule has 0 saturated heterocycles. The normalized spacial score (nSPS) is 49.8. The van der Waals surface area contributed by atoms with Crippen LogP contribution in [-0.2, 0) is 0 Å². The Morgan fingerprint density at radius 2 is 1.65 bits per heavy atom. The van der Waals surface area contributed by atoms with Crippen molar-refractivity contribution in [2.75, 3.05) is 0 Å². The molecule has 0 heteroatoms. The third-order valence-corrected chi connectivity index (χ3v) is 8.22. The van der Waals surface area contributed by atoms with E-state index >= 15 is 0 Å². The third-order valence-electron chi connectivity index (χ3n) is 8.22. The van der Waals surface area contributed by atoms with Gasteiger partial charge in [-0.05, 0) is 79.4 Å². The monoisotopic (exact) mass is 272 g/mol. The molecule has 0 heterocycles. The lowest BCUT2D eigenvalue weighted by Gasteiger charge is -2.61. The molecule has 0 unspecified atom stereocenters. The van der Waals surface area contributed by atoms with Crippen LogP contribution in [0.4, 0.5) is 0 Å². The van der Waals surface area contributed by atoms with Crippen LogP contribution < -0.4 is 0 Å². The number of hydrogen-bond acceptors (Lipinski definition) is 0. The Bertz CT molecular complexity index is 468. The molecule has 0 aromatic heterocycles. The summed E-state index contributed by atoms with van der Waals surface area (Å²) in [4.78, 5) is 0. The molecule has 2 fully saturated rings. The number of allylic oxidation sites excluding steroid dienone is 2. The lowest BCUT2D eigenvalue weighted by atomic mass is 9.44. The van der Waals surface area contributed by atoms with Crippen molar-refractivity contribution in [1.82, 2.24) is 0 Å². The molecule has 0 bridgehead atoms. The topological polar surface area (TPSA) is 0 Å². The molecule has 4 atom stereocenters. The van der Waals surface area contributed by atoms with Crippen molar-refractivity contribution in [3.05, 3.63) is 11.1 Å². The van der Waals surface area contributed by atoms with Crippen molar-refractivity contribution < 1.29 is 0 Å². The fourth-order valence-corrected chi connectivity index (χ4v) is 6.93. The highest BCUT2D eigenvalue weighted by atomic mass is 14.6. The van der Waals surface area contributed by atoms with Gasteiger partial charge in [0.2, 0.25) is 0 Å². The fourth-order valence-electron chi connectivity index (χ4n) is 6.93. The summed E-state index contributed by atoms with van der Waals surface area (Å²) in [5.74, 6) is 1.93. The molecule has 0 amide bonds. The van der Waals surface area contributed by atoms with Crippen LogP contribution in [-0.4, -0.2) is 0 Å². The van der Waals surface area contributed by atoms with E-state index in [-0.39, 0.29) is 0 Å². The molecule has 112 valence electrons. The molecule has 0 aromatic carbocycles. The highest BCUT2D eigenvalue weighted by molar-refractivity contribution is 5.35. The van der Waals surface area contributed by atoms with Crippen molar-refractivity contribution in [2.45, 2.75) is 85.5 Å². The zero-order valence-electron chi connectivity index (χ0n) is 14.0. The van der Waals surface area contributed by atoms with Gasteiger partial charge in [-0.2, -0.15) is 0 Å². The van der Waals surface area contributed by atoms with Gasteiger partial charge in [0.15, 0.2) is 0 Å². The second-order valence-corrected chi connectivity index (χ2v) is 9.60. The summed E-state index contributed by atoms with van der Waals surface area (Å²) in [6, 6.07) is 0. The Morgan fingerprint density at radius 1 is 0.850 bits per heavy atom. The Morgan fingerprint density at radius 3 is 2.35 bits per heavy atom. The van der Waals surface area contributed by atoms with Crippen LogP contribution in [0.5, 0.6) is 0 Å². The summed E-state index contributed by atoms with van der Waals surface area (Å²) in [5, 5.41) is 0. The van der Waals surface area contributed by atoms with E-state index in [1.165, 1.54) is 57.8 Å². The molecule has 0 spiro atoms. The van der Waals surface area contributed by atoms with E-state index in [0.29, 0.717) is 16.2 Å². The maximum absolute atomic E-state index is 2.65. The standard InChI is InChI=1S/C20H32/c1-18(2)10-5-11-20(4)16-9-13-19(3)12-8-15(19)14(16)6-7-17(18)20/h15,17H,5-13H2,1-4H3/t15-,17-,19+,20+/m0/s1. The van der Waals surface area contributed by atoms with Crippen LogP contribution in [0.3, 0.4) is 0 Å². The van der Waals surface area contributed by atoms with E-state index in [1.54, 1.807) is 0 Å². The van der Waals surface area contributed by atoms with Crippen molar-refractivity contribution in [3.8, 4) is 0 Å². The molecular formula is C20H32. The van der Waals surface area contributed by atoms with E-state index in [1.807, 2.05) is 11.1 Å². The Balaban J connectivity index is 1.77. The summed E-state index contributed by atoms with van der Waals surface area (Å²) >= 11 is 0. The van der Waals surface area contributed by atoms with Crippen LogP contribution in [0.2, 0.25) is 0 Å². The first-order valence-corrected chi connectivity index (χ1v) is 9.09. The molecule has 4 aliphatic carbocycles. The minimum absolute atomic E-state index is 0.562. The molecule has 4 rings (SSSR count). The first-order chi connectivity index (χ1) is 9.37. The van der Waals surface area contributed by atoms with Gasteiger partial charge in [0.25, 0.3) is 0 Å². The molecule has 0 N–H and O–H groups in total. The van der Waals surface area contributed by atoms with Crippen molar-refractivity contribution >= 4 is 0 Å². The van der Waals surface area contributed by atoms with Gasteiger partial charge in [0.05, 0.1) is 0 Å². The molecule has 2 saturated carbocycles. The molecule has 4 aliphatic rings.